The van der Waals surface area contributed by atoms with Crippen LogP contribution in [0.5, 0.6) is 0 Å². The maximum absolute atomic E-state index is 12.5. The molecule has 0 bridgehead atoms. The van der Waals surface area contributed by atoms with Crippen LogP contribution >= 0.6 is 0 Å². The smallest absolute Gasteiger partial charge is 0.314 e. The lowest BCUT2D eigenvalue weighted by atomic mass is 9.70. The van der Waals surface area contributed by atoms with Gasteiger partial charge in [-0.15, -0.1) is 0 Å². The molecular formula is C18H25NO4. The summed E-state index contributed by atoms with van der Waals surface area (Å²) in [4.78, 5) is 26.0. The Balaban J connectivity index is 2.34. The maximum Gasteiger partial charge on any atom is 0.314 e. The SMILES string of the molecule is C[C@H](c1ccccc1)N1C[C@](C(=O)O)(C(O)C(C)(C)C)CC1=O. The van der Waals surface area contributed by atoms with Crippen LogP contribution in [0.2, 0.25) is 0 Å². The highest BCUT2D eigenvalue weighted by molar-refractivity contribution is 5.90. The Morgan fingerprint density at radius 2 is 1.83 bits per heavy atom. The minimum Gasteiger partial charge on any atom is -0.481 e. The van der Waals surface area contributed by atoms with E-state index < -0.39 is 22.9 Å². The van der Waals surface area contributed by atoms with Crippen molar-refractivity contribution in [3.63, 3.8) is 0 Å². The van der Waals surface area contributed by atoms with E-state index in [0.717, 1.165) is 5.56 Å². The quantitative estimate of drug-likeness (QED) is 0.893. The zero-order chi connectivity index (χ0) is 17.4. The Kier molecular flexibility index (Phi) is 4.53. The number of carbonyl (C=O) groups is 2. The zero-order valence-corrected chi connectivity index (χ0v) is 14.1. The fourth-order valence-corrected chi connectivity index (χ4v) is 3.36. The Morgan fingerprint density at radius 3 is 2.30 bits per heavy atom. The molecule has 1 unspecified atom stereocenters. The van der Waals surface area contributed by atoms with Crippen LogP contribution in [0.4, 0.5) is 0 Å². The Bertz CT molecular complexity index is 593. The molecule has 1 aromatic carbocycles. The largest absolute Gasteiger partial charge is 0.481 e. The number of hydrogen-bond acceptors (Lipinski definition) is 3. The van der Waals surface area contributed by atoms with Crippen LogP contribution in [0.25, 0.3) is 0 Å². The molecule has 1 aliphatic rings. The van der Waals surface area contributed by atoms with Gasteiger partial charge in [-0.25, -0.2) is 0 Å². The van der Waals surface area contributed by atoms with E-state index in [2.05, 4.69) is 0 Å². The minimum atomic E-state index is -1.46. The average molecular weight is 319 g/mol. The number of benzene rings is 1. The van der Waals surface area contributed by atoms with Crippen LogP contribution in [-0.2, 0) is 9.59 Å². The number of carbonyl (C=O) groups excluding carboxylic acids is 1. The first-order valence-corrected chi connectivity index (χ1v) is 7.85. The fourth-order valence-electron chi connectivity index (χ4n) is 3.36. The first kappa shape index (κ1) is 17.5. The highest BCUT2D eigenvalue weighted by atomic mass is 16.4. The van der Waals surface area contributed by atoms with Crippen LogP contribution < -0.4 is 0 Å². The molecule has 3 atom stereocenters. The van der Waals surface area contributed by atoms with Gasteiger partial charge in [-0.05, 0) is 17.9 Å². The molecule has 1 saturated heterocycles. The van der Waals surface area contributed by atoms with Crippen LogP contribution in [0.3, 0.4) is 0 Å². The van der Waals surface area contributed by atoms with Crippen molar-refractivity contribution in [3.05, 3.63) is 35.9 Å². The van der Waals surface area contributed by atoms with Crippen molar-refractivity contribution in [3.8, 4) is 0 Å². The number of aliphatic carboxylic acids is 1. The molecule has 1 aliphatic heterocycles. The first-order valence-electron chi connectivity index (χ1n) is 7.85. The second-order valence-electron chi connectivity index (χ2n) is 7.51. The van der Waals surface area contributed by atoms with Crippen molar-refractivity contribution in [1.29, 1.82) is 0 Å². The average Bonchev–Trinajstić information content (AvgIpc) is 2.84. The number of amides is 1. The number of carboxylic acid groups (broad SMARTS) is 1. The van der Waals surface area contributed by atoms with E-state index >= 15 is 0 Å². The highest BCUT2D eigenvalue weighted by Gasteiger charge is 2.57. The Morgan fingerprint density at radius 1 is 1.26 bits per heavy atom. The summed E-state index contributed by atoms with van der Waals surface area (Å²) in [5.41, 5.74) is -1.13. The number of rotatable bonds is 4. The monoisotopic (exact) mass is 319 g/mol. The summed E-state index contributed by atoms with van der Waals surface area (Å²) < 4.78 is 0. The first-order chi connectivity index (χ1) is 10.6. The lowest BCUT2D eigenvalue weighted by Crippen LogP contribution is -2.50. The van der Waals surface area contributed by atoms with E-state index in [0.29, 0.717) is 0 Å². The lowest BCUT2D eigenvalue weighted by molar-refractivity contribution is -0.162. The molecule has 1 fully saturated rings. The van der Waals surface area contributed by atoms with E-state index in [-0.39, 0.29) is 24.9 Å². The zero-order valence-electron chi connectivity index (χ0n) is 14.1. The van der Waals surface area contributed by atoms with Gasteiger partial charge in [0.25, 0.3) is 0 Å². The molecule has 23 heavy (non-hydrogen) atoms. The molecule has 126 valence electrons. The molecule has 2 rings (SSSR count). The topological polar surface area (TPSA) is 77.8 Å². The van der Waals surface area contributed by atoms with Crippen LogP contribution in [0.1, 0.15) is 45.7 Å². The molecule has 0 aromatic heterocycles. The standard InChI is InChI=1S/C18H25NO4/c1-12(13-8-6-5-7-9-13)19-11-18(16(22)23,10-14(19)20)15(21)17(2,3)4/h5-9,12,15,21H,10-11H2,1-4H3,(H,22,23)/t12-,15?,18+/m1/s1. The van der Waals surface area contributed by atoms with E-state index in [1.165, 1.54) is 0 Å². The van der Waals surface area contributed by atoms with Gasteiger partial charge in [0, 0.05) is 13.0 Å². The number of nitrogens with zero attached hydrogens (tertiary/aromatic N) is 1. The summed E-state index contributed by atoms with van der Waals surface area (Å²) in [6, 6.07) is 9.28. The van der Waals surface area contributed by atoms with Gasteiger partial charge in [0.1, 0.15) is 5.41 Å². The molecule has 1 amide bonds. The van der Waals surface area contributed by atoms with Crippen LogP contribution in [-0.4, -0.2) is 39.6 Å². The predicted molar refractivity (Wildman–Crippen MR) is 86.7 cm³/mol. The third-order valence-electron chi connectivity index (χ3n) is 4.76. The fraction of sp³-hybridized carbons (Fsp3) is 0.556. The highest BCUT2D eigenvalue weighted by Crippen LogP contribution is 2.44. The van der Waals surface area contributed by atoms with Crippen molar-refractivity contribution in [2.24, 2.45) is 10.8 Å². The van der Waals surface area contributed by atoms with Gasteiger partial charge >= 0.3 is 5.97 Å². The molecule has 1 heterocycles. The normalized spacial score (nSPS) is 24.6. The third kappa shape index (κ3) is 3.11. The number of hydrogen-bond donors (Lipinski definition) is 2. The summed E-state index contributed by atoms with van der Waals surface area (Å²) in [7, 11) is 0. The summed E-state index contributed by atoms with van der Waals surface area (Å²) in [6.45, 7) is 7.27. The van der Waals surface area contributed by atoms with Gasteiger partial charge in [0.05, 0.1) is 12.1 Å². The van der Waals surface area contributed by atoms with Gasteiger partial charge in [0.15, 0.2) is 0 Å². The van der Waals surface area contributed by atoms with Crippen molar-refractivity contribution < 1.29 is 19.8 Å². The van der Waals surface area contributed by atoms with Gasteiger partial charge < -0.3 is 15.1 Å². The summed E-state index contributed by atoms with van der Waals surface area (Å²) in [5, 5.41) is 20.4. The Hall–Kier alpha value is -1.88. The minimum absolute atomic E-state index is 0.0235. The second-order valence-corrected chi connectivity index (χ2v) is 7.51. The second kappa shape index (κ2) is 5.96. The summed E-state index contributed by atoms with van der Waals surface area (Å²) in [5.74, 6) is -1.34. The van der Waals surface area contributed by atoms with Gasteiger partial charge in [-0.2, -0.15) is 0 Å². The Labute approximate surface area is 136 Å². The molecule has 5 heteroatoms. The number of carboxylic acids is 1. The van der Waals surface area contributed by atoms with Crippen molar-refractivity contribution in [1.82, 2.24) is 4.90 Å². The molecule has 0 aliphatic carbocycles. The van der Waals surface area contributed by atoms with Crippen molar-refractivity contribution in [2.75, 3.05) is 6.54 Å². The van der Waals surface area contributed by atoms with Crippen LogP contribution in [0.15, 0.2) is 30.3 Å². The van der Waals surface area contributed by atoms with Gasteiger partial charge in [-0.1, -0.05) is 51.1 Å². The summed E-state index contributed by atoms with van der Waals surface area (Å²) in [6.07, 6.45) is -1.28. The van der Waals surface area contributed by atoms with E-state index in [1.807, 2.05) is 37.3 Å². The molecule has 0 saturated carbocycles. The number of aliphatic hydroxyl groups excluding tert-OH is 1. The van der Waals surface area contributed by atoms with Crippen LogP contribution in [0, 0.1) is 10.8 Å². The van der Waals surface area contributed by atoms with E-state index in [4.69, 9.17) is 0 Å². The molecule has 0 radical (unpaired) electrons. The third-order valence-corrected chi connectivity index (χ3v) is 4.76. The maximum atomic E-state index is 12.5. The molecule has 1 aromatic rings. The molecule has 2 N–H and O–H groups in total. The molecular weight excluding hydrogens is 294 g/mol. The molecule has 0 spiro atoms. The van der Waals surface area contributed by atoms with Crippen molar-refractivity contribution >= 4 is 11.9 Å². The lowest BCUT2D eigenvalue weighted by Gasteiger charge is -2.38. The number of aliphatic hydroxyl groups is 1. The van der Waals surface area contributed by atoms with E-state index in [1.54, 1.807) is 25.7 Å². The number of likely N-dealkylation sites (tertiary alicyclic amines) is 1. The predicted octanol–water partition coefficient (Wildman–Crippen LogP) is 2.46. The van der Waals surface area contributed by atoms with E-state index in [9.17, 15) is 19.8 Å². The van der Waals surface area contributed by atoms with Gasteiger partial charge in [0.2, 0.25) is 5.91 Å². The molecule has 5 nitrogen and oxygen atoms in total. The summed E-state index contributed by atoms with van der Waals surface area (Å²) >= 11 is 0. The van der Waals surface area contributed by atoms with Gasteiger partial charge in [-0.3, -0.25) is 9.59 Å². The van der Waals surface area contributed by atoms with Crippen molar-refractivity contribution in [2.45, 2.75) is 46.3 Å².